The van der Waals surface area contributed by atoms with Crippen LogP contribution in [-0.2, 0) is 13.6 Å². The fourth-order valence-electron chi connectivity index (χ4n) is 5.03. The number of rotatable bonds is 8. The predicted octanol–water partition coefficient (Wildman–Crippen LogP) is 6.15. The number of ether oxygens (including phenoxy) is 2. The molecule has 7 nitrogen and oxygen atoms in total. The molecule has 1 aliphatic carbocycles. The summed E-state index contributed by atoms with van der Waals surface area (Å²) in [5.41, 5.74) is 5.38. The topological polar surface area (TPSA) is 62.7 Å². The van der Waals surface area contributed by atoms with E-state index in [-0.39, 0.29) is 5.56 Å². The van der Waals surface area contributed by atoms with Crippen LogP contribution < -0.4 is 19.8 Å². The van der Waals surface area contributed by atoms with Crippen LogP contribution in [0.1, 0.15) is 37.8 Å². The van der Waals surface area contributed by atoms with Gasteiger partial charge in [0.15, 0.2) is 10.5 Å². The molecule has 0 saturated heterocycles. The molecule has 0 fully saturated rings. The van der Waals surface area contributed by atoms with Gasteiger partial charge in [-0.1, -0.05) is 29.8 Å². The molecule has 0 spiro atoms. The number of para-hydroxylation sites is 1. The average molecular weight is 531 g/mol. The van der Waals surface area contributed by atoms with E-state index in [0.29, 0.717) is 5.69 Å². The van der Waals surface area contributed by atoms with Gasteiger partial charge in [-0.05, 0) is 69.4 Å². The molecule has 2 heterocycles. The van der Waals surface area contributed by atoms with Gasteiger partial charge in [-0.3, -0.25) is 9.48 Å². The SMILES string of the molecule is COc1ccc(OC)c(-c2csc(=Nc3c(C)n(C)n(-c4ccccc4)c3=O)n2CCC2=CCCCC2)c1. The van der Waals surface area contributed by atoms with Gasteiger partial charge < -0.3 is 14.0 Å². The summed E-state index contributed by atoms with van der Waals surface area (Å²) in [4.78, 5) is 19.4. The Bertz CT molecular complexity index is 1590. The lowest BCUT2D eigenvalue weighted by Gasteiger charge is -2.16. The second kappa shape index (κ2) is 11.3. The lowest BCUT2D eigenvalue weighted by atomic mass is 9.97. The zero-order valence-electron chi connectivity index (χ0n) is 22.4. The van der Waals surface area contributed by atoms with Crippen LogP contribution in [0.3, 0.4) is 0 Å². The van der Waals surface area contributed by atoms with Crippen molar-refractivity contribution in [1.82, 2.24) is 13.9 Å². The quantitative estimate of drug-likeness (QED) is 0.257. The van der Waals surface area contributed by atoms with E-state index in [1.54, 1.807) is 18.9 Å². The number of methoxy groups -OCH3 is 2. The summed E-state index contributed by atoms with van der Waals surface area (Å²) in [5.74, 6) is 1.53. The normalized spacial score (nSPS) is 14.0. The largest absolute Gasteiger partial charge is 0.497 e. The molecule has 0 bridgehead atoms. The molecule has 0 aliphatic heterocycles. The molecule has 198 valence electrons. The van der Waals surface area contributed by atoms with Gasteiger partial charge in [0.1, 0.15) is 11.5 Å². The van der Waals surface area contributed by atoms with E-state index < -0.39 is 0 Å². The number of benzene rings is 2. The molecular formula is C30H34N4O3S. The van der Waals surface area contributed by atoms with Crippen molar-refractivity contribution in [2.75, 3.05) is 14.2 Å². The van der Waals surface area contributed by atoms with Crippen molar-refractivity contribution in [3.05, 3.63) is 86.4 Å². The number of aromatic nitrogens is 3. The zero-order chi connectivity index (χ0) is 26.6. The number of hydrogen-bond acceptors (Lipinski definition) is 5. The van der Waals surface area contributed by atoms with E-state index in [0.717, 1.165) is 64.7 Å². The van der Waals surface area contributed by atoms with Crippen LogP contribution >= 0.6 is 11.3 Å². The summed E-state index contributed by atoms with van der Waals surface area (Å²) in [5, 5.41) is 2.10. The number of allylic oxidation sites excluding steroid dienone is 2. The number of thiazole rings is 1. The first-order valence-corrected chi connectivity index (χ1v) is 13.9. The van der Waals surface area contributed by atoms with Crippen LogP contribution in [0.2, 0.25) is 0 Å². The Labute approximate surface area is 226 Å². The van der Waals surface area contributed by atoms with Gasteiger partial charge in [0, 0.05) is 24.5 Å². The van der Waals surface area contributed by atoms with Crippen molar-refractivity contribution in [2.24, 2.45) is 12.0 Å². The van der Waals surface area contributed by atoms with Crippen molar-refractivity contribution in [3.63, 3.8) is 0 Å². The van der Waals surface area contributed by atoms with Crippen molar-refractivity contribution < 1.29 is 9.47 Å². The Balaban J connectivity index is 1.66. The highest BCUT2D eigenvalue weighted by atomic mass is 32.1. The van der Waals surface area contributed by atoms with Gasteiger partial charge in [0.2, 0.25) is 0 Å². The molecule has 0 atom stereocenters. The third-order valence-electron chi connectivity index (χ3n) is 7.25. The van der Waals surface area contributed by atoms with Gasteiger partial charge in [0.25, 0.3) is 5.56 Å². The van der Waals surface area contributed by atoms with E-state index >= 15 is 0 Å². The summed E-state index contributed by atoms with van der Waals surface area (Å²) in [6.07, 6.45) is 8.15. The maximum Gasteiger partial charge on any atom is 0.297 e. The lowest BCUT2D eigenvalue weighted by molar-refractivity contribution is 0.404. The standard InChI is InChI=1S/C30H34N4O3S/c1-21-28(29(35)34(32(21)2)23-13-9-6-10-14-23)31-30-33(18-17-22-11-7-5-8-12-22)26(20-38-30)25-19-24(36-3)15-16-27(25)37-4/h6,9-11,13-16,19-20H,5,7-8,12,17-18H2,1-4H3. The summed E-state index contributed by atoms with van der Waals surface area (Å²) >= 11 is 1.54. The molecule has 2 aromatic heterocycles. The smallest absolute Gasteiger partial charge is 0.297 e. The van der Waals surface area contributed by atoms with Crippen LogP contribution in [0.15, 0.2) is 75.3 Å². The molecular weight excluding hydrogens is 496 g/mol. The molecule has 4 aromatic rings. The van der Waals surface area contributed by atoms with Gasteiger partial charge >= 0.3 is 0 Å². The molecule has 0 saturated carbocycles. The Kier molecular flexibility index (Phi) is 7.69. The highest BCUT2D eigenvalue weighted by molar-refractivity contribution is 7.07. The zero-order valence-corrected chi connectivity index (χ0v) is 23.3. The minimum absolute atomic E-state index is 0.133. The van der Waals surface area contributed by atoms with E-state index in [9.17, 15) is 4.79 Å². The monoisotopic (exact) mass is 530 g/mol. The third-order valence-corrected chi connectivity index (χ3v) is 8.12. The second-order valence-electron chi connectivity index (χ2n) is 9.50. The Morgan fingerprint density at radius 2 is 1.87 bits per heavy atom. The molecule has 38 heavy (non-hydrogen) atoms. The summed E-state index contributed by atoms with van der Waals surface area (Å²) in [6.45, 7) is 2.71. The van der Waals surface area contributed by atoms with E-state index in [1.165, 1.54) is 29.8 Å². The van der Waals surface area contributed by atoms with Crippen molar-refractivity contribution in [3.8, 4) is 28.4 Å². The molecule has 0 N–H and O–H groups in total. The van der Waals surface area contributed by atoms with Gasteiger partial charge in [-0.15, -0.1) is 11.3 Å². The molecule has 0 amide bonds. The lowest BCUT2D eigenvalue weighted by Crippen LogP contribution is -2.20. The fourth-order valence-corrected chi connectivity index (χ4v) is 5.96. The first-order chi connectivity index (χ1) is 18.5. The maximum absolute atomic E-state index is 13.6. The maximum atomic E-state index is 13.6. The molecule has 2 aromatic carbocycles. The average Bonchev–Trinajstić information content (AvgIpc) is 3.45. The first-order valence-electron chi connectivity index (χ1n) is 13.0. The first kappa shape index (κ1) is 25.9. The molecule has 0 radical (unpaired) electrons. The van der Waals surface area contributed by atoms with Crippen LogP contribution in [0, 0.1) is 6.92 Å². The summed E-state index contributed by atoms with van der Waals surface area (Å²) in [6, 6.07) is 15.5. The van der Waals surface area contributed by atoms with E-state index in [1.807, 2.05) is 67.2 Å². The highest BCUT2D eigenvalue weighted by Gasteiger charge is 2.18. The molecule has 8 heteroatoms. The minimum atomic E-state index is -0.133. The van der Waals surface area contributed by atoms with E-state index in [2.05, 4.69) is 16.0 Å². The Morgan fingerprint density at radius 3 is 2.58 bits per heavy atom. The molecule has 5 rings (SSSR count). The van der Waals surface area contributed by atoms with Gasteiger partial charge in [0.05, 0.1) is 31.3 Å². The summed E-state index contributed by atoms with van der Waals surface area (Å²) in [7, 11) is 5.24. The highest BCUT2D eigenvalue weighted by Crippen LogP contribution is 2.34. The van der Waals surface area contributed by atoms with Gasteiger partial charge in [-0.2, -0.15) is 0 Å². The minimum Gasteiger partial charge on any atom is -0.497 e. The molecule has 0 unspecified atom stereocenters. The van der Waals surface area contributed by atoms with Crippen LogP contribution in [0.25, 0.3) is 16.9 Å². The number of nitrogens with zero attached hydrogens (tertiary/aromatic N) is 4. The molecule has 1 aliphatic rings. The van der Waals surface area contributed by atoms with Crippen molar-refractivity contribution >= 4 is 17.0 Å². The second-order valence-corrected chi connectivity index (χ2v) is 10.3. The summed E-state index contributed by atoms with van der Waals surface area (Å²) < 4.78 is 17.0. The fraction of sp³-hybridized carbons (Fsp3) is 0.333. The van der Waals surface area contributed by atoms with Crippen LogP contribution in [-0.4, -0.2) is 28.2 Å². The van der Waals surface area contributed by atoms with Gasteiger partial charge in [-0.25, -0.2) is 9.67 Å². The van der Waals surface area contributed by atoms with Crippen molar-refractivity contribution in [2.45, 2.75) is 45.6 Å². The third kappa shape index (κ3) is 5.00. The predicted molar refractivity (Wildman–Crippen MR) is 153 cm³/mol. The van der Waals surface area contributed by atoms with Crippen LogP contribution in [0.5, 0.6) is 11.5 Å². The Hall–Kier alpha value is -3.78. The van der Waals surface area contributed by atoms with Crippen molar-refractivity contribution in [1.29, 1.82) is 0 Å². The Morgan fingerprint density at radius 1 is 1.05 bits per heavy atom. The number of hydrogen-bond donors (Lipinski definition) is 0. The van der Waals surface area contributed by atoms with Crippen LogP contribution in [0.4, 0.5) is 5.69 Å². The van der Waals surface area contributed by atoms with E-state index in [4.69, 9.17) is 14.5 Å².